The average Bonchev–Trinajstić information content (AvgIpc) is 3.10. The van der Waals surface area contributed by atoms with Crippen LogP contribution >= 0.6 is 0 Å². The Hall–Kier alpha value is -3.61. The van der Waals surface area contributed by atoms with Crippen LogP contribution in [0.4, 0.5) is 4.39 Å². The molecule has 0 spiro atoms. The van der Waals surface area contributed by atoms with Gasteiger partial charge in [0.1, 0.15) is 23.4 Å². The number of fused-ring (bicyclic) bond motifs is 1. The molecule has 2 heterocycles. The van der Waals surface area contributed by atoms with Gasteiger partial charge >= 0.3 is 0 Å². The van der Waals surface area contributed by atoms with Gasteiger partial charge in [0.15, 0.2) is 0 Å². The molecular formula is C20H16FN5O. The summed E-state index contributed by atoms with van der Waals surface area (Å²) in [6.07, 6.45) is 3.31. The van der Waals surface area contributed by atoms with Gasteiger partial charge in [0, 0.05) is 12.4 Å². The molecule has 0 saturated carbocycles. The highest BCUT2D eigenvalue weighted by molar-refractivity contribution is 5.77. The van der Waals surface area contributed by atoms with Crippen molar-refractivity contribution in [3.8, 4) is 0 Å². The average molecular weight is 361 g/mol. The van der Waals surface area contributed by atoms with Crippen LogP contribution < -0.4 is 5.32 Å². The van der Waals surface area contributed by atoms with Gasteiger partial charge in [-0.25, -0.2) is 4.39 Å². The van der Waals surface area contributed by atoms with E-state index >= 15 is 0 Å². The summed E-state index contributed by atoms with van der Waals surface area (Å²) in [5.74, 6) is -0.576. The van der Waals surface area contributed by atoms with Gasteiger partial charge in [0.25, 0.3) is 0 Å². The van der Waals surface area contributed by atoms with E-state index in [0.717, 1.165) is 22.2 Å². The van der Waals surface area contributed by atoms with E-state index in [1.165, 1.54) is 16.9 Å². The molecule has 1 N–H and O–H groups in total. The lowest BCUT2D eigenvalue weighted by Gasteiger charge is -2.19. The maximum absolute atomic E-state index is 13.3. The van der Waals surface area contributed by atoms with Crippen molar-refractivity contribution in [3.05, 3.63) is 90.0 Å². The van der Waals surface area contributed by atoms with E-state index in [4.69, 9.17) is 0 Å². The monoisotopic (exact) mass is 361 g/mol. The van der Waals surface area contributed by atoms with E-state index in [9.17, 15) is 9.18 Å². The smallest absolute Gasteiger partial charge is 0.244 e. The fourth-order valence-corrected chi connectivity index (χ4v) is 2.88. The summed E-state index contributed by atoms with van der Waals surface area (Å²) < 4.78 is 13.3. The minimum absolute atomic E-state index is 0.0164. The highest BCUT2D eigenvalue weighted by Gasteiger charge is 2.18. The molecule has 0 radical (unpaired) electrons. The topological polar surface area (TPSA) is 72.7 Å². The molecule has 2 aromatic heterocycles. The Bertz CT molecular complexity index is 1030. The second kappa shape index (κ2) is 7.33. The summed E-state index contributed by atoms with van der Waals surface area (Å²) in [7, 11) is 0. The van der Waals surface area contributed by atoms with Crippen molar-refractivity contribution in [2.45, 2.75) is 12.6 Å². The first-order valence-electron chi connectivity index (χ1n) is 8.44. The van der Waals surface area contributed by atoms with E-state index in [2.05, 4.69) is 20.5 Å². The zero-order chi connectivity index (χ0) is 18.6. The SMILES string of the molecule is O=C(Cn1nc2ccccc2n1)N[C@@H](c1ccncc1)c1ccc(F)cc1. The number of hydrogen-bond donors (Lipinski definition) is 1. The van der Waals surface area contributed by atoms with Gasteiger partial charge in [-0.1, -0.05) is 24.3 Å². The van der Waals surface area contributed by atoms with Crippen molar-refractivity contribution in [2.24, 2.45) is 0 Å². The molecule has 1 atom stereocenters. The molecule has 1 amide bonds. The molecule has 0 aliphatic rings. The molecule has 7 heteroatoms. The second-order valence-electron chi connectivity index (χ2n) is 6.05. The maximum atomic E-state index is 13.3. The van der Waals surface area contributed by atoms with Crippen LogP contribution in [0, 0.1) is 5.82 Å². The number of amides is 1. The van der Waals surface area contributed by atoms with E-state index in [1.807, 2.05) is 36.4 Å². The number of carbonyl (C=O) groups excluding carboxylic acids is 1. The standard InChI is InChI=1S/C20H16FN5O/c21-16-7-5-14(6-8-16)20(15-9-11-22-12-10-15)23-19(27)13-26-24-17-3-1-2-4-18(17)25-26/h1-12,20H,13H2,(H,23,27)/t20-/m1/s1. The third-order valence-electron chi connectivity index (χ3n) is 4.16. The van der Waals surface area contributed by atoms with Crippen molar-refractivity contribution in [1.29, 1.82) is 0 Å². The van der Waals surface area contributed by atoms with Gasteiger partial charge in [-0.3, -0.25) is 9.78 Å². The molecule has 0 aliphatic heterocycles. The maximum Gasteiger partial charge on any atom is 0.244 e. The van der Waals surface area contributed by atoms with Crippen LogP contribution in [0.3, 0.4) is 0 Å². The molecule has 0 saturated heterocycles. The molecule has 2 aromatic carbocycles. The number of benzene rings is 2. The van der Waals surface area contributed by atoms with Gasteiger partial charge in [-0.05, 0) is 47.5 Å². The van der Waals surface area contributed by atoms with Crippen LogP contribution in [0.5, 0.6) is 0 Å². The van der Waals surface area contributed by atoms with Crippen LogP contribution in [0.25, 0.3) is 11.0 Å². The quantitative estimate of drug-likeness (QED) is 0.593. The highest BCUT2D eigenvalue weighted by atomic mass is 19.1. The number of carbonyl (C=O) groups is 1. The lowest BCUT2D eigenvalue weighted by molar-refractivity contribution is -0.122. The molecule has 134 valence electrons. The molecule has 6 nitrogen and oxygen atoms in total. The number of halogens is 1. The van der Waals surface area contributed by atoms with Crippen molar-refractivity contribution < 1.29 is 9.18 Å². The van der Waals surface area contributed by atoms with Crippen LogP contribution in [0.2, 0.25) is 0 Å². The number of nitrogens with zero attached hydrogens (tertiary/aromatic N) is 4. The number of nitrogens with one attached hydrogen (secondary N) is 1. The number of hydrogen-bond acceptors (Lipinski definition) is 4. The highest BCUT2D eigenvalue weighted by Crippen LogP contribution is 2.22. The molecule has 0 unspecified atom stereocenters. The lowest BCUT2D eigenvalue weighted by Crippen LogP contribution is -2.32. The third kappa shape index (κ3) is 3.82. The predicted molar refractivity (Wildman–Crippen MR) is 98.2 cm³/mol. The molecule has 4 rings (SSSR count). The van der Waals surface area contributed by atoms with E-state index in [0.29, 0.717) is 0 Å². The van der Waals surface area contributed by atoms with Crippen molar-refractivity contribution in [1.82, 2.24) is 25.3 Å². The summed E-state index contributed by atoms with van der Waals surface area (Å²) in [5, 5.41) is 11.6. The molecule has 4 aromatic rings. The first-order chi connectivity index (χ1) is 13.2. The summed E-state index contributed by atoms with van der Waals surface area (Å²) >= 11 is 0. The molecule has 0 fully saturated rings. The van der Waals surface area contributed by atoms with E-state index in [1.54, 1.807) is 24.5 Å². The summed E-state index contributed by atoms with van der Waals surface area (Å²) in [4.78, 5) is 18.0. The minimum Gasteiger partial charge on any atom is -0.344 e. The van der Waals surface area contributed by atoms with Crippen LogP contribution in [0.15, 0.2) is 73.1 Å². The second-order valence-corrected chi connectivity index (χ2v) is 6.05. The molecular weight excluding hydrogens is 345 g/mol. The number of aromatic nitrogens is 4. The number of rotatable bonds is 5. The predicted octanol–water partition coefficient (Wildman–Crippen LogP) is 2.87. The summed E-state index contributed by atoms with van der Waals surface area (Å²) in [5.41, 5.74) is 3.09. The zero-order valence-electron chi connectivity index (χ0n) is 14.3. The molecule has 0 bridgehead atoms. The zero-order valence-corrected chi connectivity index (χ0v) is 14.3. The largest absolute Gasteiger partial charge is 0.344 e. The Balaban J connectivity index is 1.57. The first kappa shape index (κ1) is 16.8. The van der Waals surface area contributed by atoms with E-state index < -0.39 is 6.04 Å². The Morgan fingerprint density at radius 3 is 2.15 bits per heavy atom. The van der Waals surface area contributed by atoms with Gasteiger partial charge in [0.05, 0.1) is 6.04 Å². The molecule has 0 aliphatic carbocycles. The number of pyridine rings is 1. The Labute approximate surface area is 154 Å². The molecule has 27 heavy (non-hydrogen) atoms. The van der Waals surface area contributed by atoms with Crippen LogP contribution in [-0.4, -0.2) is 25.9 Å². The van der Waals surface area contributed by atoms with Crippen LogP contribution in [-0.2, 0) is 11.3 Å². The van der Waals surface area contributed by atoms with Crippen LogP contribution in [0.1, 0.15) is 17.2 Å². The van der Waals surface area contributed by atoms with Gasteiger partial charge in [-0.15, -0.1) is 0 Å². The third-order valence-corrected chi connectivity index (χ3v) is 4.16. The van der Waals surface area contributed by atoms with Crippen molar-refractivity contribution in [3.63, 3.8) is 0 Å². The van der Waals surface area contributed by atoms with Crippen molar-refractivity contribution in [2.75, 3.05) is 0 Å². The summed E-state index contributed by atoms with van der Waals surface area (Å²) in [6, 6.07) is 16.7. The fourth-order valence-electron chi connectivity index (χ4n) is 2.88. The Morgan fingerprint density at radius 1 is 0.926 bits per heavy atom. The van der Waals surface area contributed by atoms with Gasteiger partial charge < -0.3 is 5.32 Å². The Kier molecular flexibility index (Phi) is 4.57. The van der Waals surface area contributed by atoms with Gasteiger partial charge in [-0.2, -0.15) is 15.0 Å². The van der Waals surface area contributed by atoms with Gasteiger partial charge in [0.2, 0.25) is 5.91 Å². The minimum atomic E-state index is -0.425. The lowest BCUT2D eigenvalue weighted by atomic mass is 9.99. The summed E-state index contributed by atoms with van der Waals surface area (Å²) in [6.45, 7) is -0.0164. The Morgan fingerprint density at radius 2 is 1.52 bits per heavy atom. The fraction of sp³-hybridized carbons (Fsp3) is 0.100. The normalized spacial score (nSPS) is 12.0. The first-order valence-corrected chi connectivity index (χ1v) is 8.44. The van der Waals surface area contributed by atoms with Crippen molar-refractivity contribution >= 4 is 16.9 Å². The van der Waals surface area contributed by atoms with E-state index in [-0.39, 0.29) is 18.3 Å².